The van der Waals surface area contributed by atoms with Crippen molar-refractivity contribution in [2.24, 2.45) is 0 Å². The van der Waals surface area contributed by atoms with Gasteiger partial charge in [0.05, 0.1) is 23.5 Å². The van der Waals surface area contributed by atoms with E-state index >= 15 is 0 Å². The van der Waals surface area contributed by atoms with Crippen LogP contribution in [0.3, 0.4) is 0 Å². The van der Waals surface area contributed by atoms with Crippen molar-refractivity contribution in [1.29, 1.82) is 0 Å². The Morgan fingerprint density at radius 3 is 2.60 bits per heavy atom. The molecule has 0 atom stereocenters. The fraction of sp³-hybridized carbons (Fsp3) is 0.0952. The number of alkyl halides is 1. The fourth-order valence-corrected chi connectivity index (χ4v) is 3.68. The van der Waals surface area contributed by atoms with Gasteiger partial charge in [0.1, 0.15) is 22.9 Å². The van der Waals surface area contributed by atoms with E-state index in [2.05, 4.69) is 15.1 Å². The average Bonchev–Trinajstić information content (AvgIpc) is 3.34. The Morgan fingerprint density at radius 2 is 1.83 bits per heavy atom. The van der Waals surface area contributed by atoms with Crippen molar-refractivity contribution in [3.63, 3.8) is 0 Å². The van der Waals surface area contributed by atoms with Gasteiger partial charge < -0.3 is 14.8 Å². The maximum Gasteiger partial charge on any atom is 0.157 e. The van der Waals surface area contributed by atoms with Crippen LogP contribution in [0.25, 0.3) is 33.2 Å². The van der Waals surface area contributed by atoms with Crippen molar-refractivity contribution < 1.29 is 8.91 Å². The van der Waals surface area contributed by atoms with Gasteiger partial charge in [0, 0.05) is 17.0 Å². The summed E-state index contributed by atoms with van der Waals surface area (Å²) in [6.07, 6.45) is 0. The molecule has 0 aliphatic carbocycles. The normalized spacial score (nSPS) is 11.1. The summed E-state index contributed by atoms with van der Waals surface area (Å²) < 4.78 is 20.7. The molecular weight excluding hydrogens is 428 g/mol. The lowest BCUT2D eigenvalue weighted by atomic mass is 10.1. The van der Waals surface area contributed by atoms with Gasteiger partial charge in [-0.05, 0) is 30.3 Å². The zero-order chi connectivity index (χ0) is 20.0. The van der Waals surface area contributed by atoms with E-state index in [1.165, 1.54) is 12.1 Å². The lowest BCUT2D eigenvalue weighted by Gasteiger charge is -2.08. The predicted molar refractivity (Wildman–Crippen MR) is 117 cm³/mol. The minimum atomic E-state index is -0.299. The fourth-order valence-electron chi connectivity index (χ4n) is 3.48. The third-order valence-electron chi connectivity index (χ3n) is 4.82. The van der Waals surface area contributed by atoms with E-state index in [0.717, 1.165) is 22.0 Å². The zero-order valence-electron chi connectivity index (χ0n) is 15.5. The highest BCUT2D eigenvalue weighted by Crippen LogP contribution is 2.30. The van der Waals surface area contributed by atoms with E-state index in [-0.39, 0.29) is 24.1 Å². The van der Waals surface area contributed by atoms with Crippen LogP contribution in [-0.4, -0.2) is 19.7 Å². The van der Waals surface area contributed by atoms with E-state index in [4.69, 9.17) is 21.9 Å². The Balaban J connectivity index is 0.00000218. The summed E-state index contributed by atoms with van der Waals surface area (Å²) in [5.74, 6) is 1.54. The Morgan fingerprint density at radius 1 is 1.07 bits per heavy atom. The number of aromatic nitrogens is 4. The van der Waals surface area contributed by atoms with Gasteiger partial charge >= 0.3 is 0 Å². The first-order valence-electron chi connectivity index (χ1n) is 8.95. The second-order valence-corrected chi connectivity index (χ2v) is 6.91. The van der Waals surface area contributed by atoms with Gasteiger partial charge in [-0.15, -0.1) is 24.0 Å². The molecule has 2 N–H and O–H groups in total. The molecule has 0 radical (unpaired) electrons. The standard InChI is InChI=1S/C21H15ClFN5O.ClH/c22-10-18-26-19-20(15-3-1-2-4-16(15)25-21(19)24)28(18)11-14-9-17(27-29-14)12-5-7-13(23)8-6-12;/h1-9H,10-11H2,(H2,24,25);1H. The topological polar surface area (TPSA) is 82.8 Å². The quantitative estimate of drug-likeness (QED) is 0.387. The molecule has 152 valence electrons. The van der Waals surface area contributed by atoms with Gasteiger partial charge in [0.15, 0.2) is 11.6 Å². The summed E-state index contributed by atoms with van der Waals surface area (Å²) in [5.41, 5.74) is 9.79. The second-order valence-electron chi connectivity index (χ2n) is 6.64. The number of nitrogen functional groups attached to an aromatic ring is 1. The molecule has 0 unspecified atom stereocenters. The number of halogens is 3. The van der Waals surface area contributed by atoms with Crippen LogP contribution in [0.4, 0.5) is 10.2 Å². The lowest BCUT2D eigenvalue weighted by molar-refractivity contribution is 0.378. The van der Waals surface area contributed by atoms with E-state index in [0.29, 0.717) is 35.2 Å². The minimum absolute atomic E-state index is 0. The summed E-state index contributed by atoms with van der Waals surface area (Å²) in [7, 11) is 0. The lowest BCUT2D eigenvalue weighted by Crippen LogP contribution is -2.03. The monoisotopic (exact) mass is 443 g/mol. The number of anilines is 1. The molecule has 0 saturated heterocycles. The molecule has 9 heteroatoms. The van der Waals surface area contributed by atoms with Crippen LogP contribution in [0, 0.1) is 5.82 Å². The van der Waals surface area contributed by atoms with Crippen LogP contribution in [0.15, 0.2) is 59.1 Å². The van der Waals surface area contributed by atoms with Gasteiger partial charge in [-0.1, -0.05) is 23.4 Å². The summed E-state index contributed by atoms with van der Waals surface area (Å²) in [5, 5.41) is 5.04. The van der Waals surface area contributed by atoms with Crippen LogP contribution in [-0.2, 0) is 12.4 Å². The second kappa shape index (κ2) is 7.93. The van der Waals surface area contributed by atoms with E-state index < -0.39 is 0 Å². The molecule has 6 nitrogen and oxygen atoms in total. The van der Waals surface area contributed by atoms with Gasteiger partial charge in [-0.2, -0.15) is 0 Å². The number of hydrogen-bond acceptors (Lipinski definition) is 5. The first kappa shape index (κ1) is 20.1. The Labute approximate surface area is 181 Å². The summed E-state index contributed by atoms with van der Waals surface area (Å²) >= 11 is 6.16. The Bertz CT molecular complexity index is 1350. The number of imidazole rings is 1. The van der Waals surface area contributed by atoms with Crippen molar-refractivity contribution >= 4 is 51.8 Å². The predicted octanol–water partition coefficient (Wildman–Crippen LogP) is 5.17. The van der Waals surface area contributed by atoms with E-state index in [9.17, 15) is 4.39 Å². The van der Waals surface area contributed by atoms with Crippen LogP contribution < -0.4 is 5.73 Å². The Kier molecular flexibility index (Phi) is 5.32. The molecule has 0 saturated carbocycles. The van der Waals surface area contributed by atoms with Crippen LogP contribution in [0.2, 0.25) is 0 Å². The van der Waals surface area contributed by atoms with Crippen molar-refractivity contribution in [3.05, 3.63) is 72.0 Å². The van der Waals surface area contributed by atoms with Gasteiger partial charge in [0.2, 0.25) is 0 Å². The number of hydrogen-bond donors (Lipinski definition) is 1. The smallest absolute Gasteiger partial charge is 0.157 e. The Hall–Kier alpha value is -3.16. The first-order valence-corrected chi connectivity index (χ1v) is 9.48. The summed E-state index contributed by atoms with van der Waals surface area (Å²) in [4.78, 5) is 9.03. The number of pyridine rings is 1. The molecule has 5 aromatic rings. The molecule has 5 rings (SSSR count). The number of para-hydroxylation sites is 1. The zero-order valence-corrected chi connectivity index (χ0v) is 17.1. The number of benzene rings is 2. The summed E-state index contributed by atoms with van der Waals surface area (Å²) in [6.45, 7) is 0.375. The number of rotatable bonds is 4. The molecule has 0 bridgehead atoms. The number of fused-ring (bicyclic) bond motifs is 3. The number of nitrogens with two attached hydrogens (primary N) is 1. The molecule has 0 amide bonds. The molecule has 0 fully saturated rings. The molecule has 3 aromatic heterocycles. The van der Waals surface area contributed by atoms with E-state index in [1.807, 2.05) is 34.9 Å². The highest BCUT2D eigenvalue weighted by Gasteiger charge is 2.18. The molecule has 30 heavy (non-hydrogen) atoms. The van der Waals surface area contributed by atoms with Gasteiger partial charge in [-0.25, -0.2) is 14.4 Å². The average molecular weight is 444 g/mol. The van der Waals surface area contributed by atoms with Gasteiger partial charge in [-0.3, -0.25) is 0 Å². The molecule has 0 aliphatic heterocycles. The highest BCUT2D eigenvalue weighted by molar-refractivity contribution is 6.17. The molecule has 0 aliphatic rings. The van der Waals surface area contributed by atoms with Crippen molar-refractivity contribution in [2.45, 2.75) is 12.4 Å². The maximum atomic E-state index is 13.2. The first-order chi connectivity index (χ1) is 14.1. The van der Waals surface area contributed by atoms with Crippen molar-refractivity contribution in [3.8, 4) is 11.3 Å². The number of nitrogens with zero attached hydrogens (tertiary/aromatic N) is 4. The third kappa shape index (κ3) is 3.36. The molecule has 0 spiro atoms. The third-order valence-corrected chi connectivity index (χ3v) is 5.06. The van der Waals surface area contributed by atoms with Gasteiger partial charge in [0.25, 0.3) is 0 Å². The highest BCUT2D eigenvalue weighted by atomic mass is 35.5. The SMILES string of the molecule is Cl.Nc1nc2ccccc2c2c1nc(CCl)n2Cc1cc(-c2ccc(F)cc2)no1. The van der Waals surface area contributed by atoms with Crippen LogP contribution >= 0.6 is 24.0 Å². The van der Waals surface area contributed by atoms with E-state index in [1.54, 1.807) is 12.1 Å². The molecule has 2 aromatic carbocycles. The molecule has 3 heterocycles. The summed E-state index contributed by atoms with van der Waals surface area (Å²) in [6, 6.07) is 15.7. The van der Waals surface area contributed by atoms with Crippen molar-refractivity contribution in [1.82, 2.24) is 19.7 Å². The molecular formula is C21H16Cl2FN5O. The maximum absolute atomic E-state index is 13.2. The van der Waals surface area contributed by atoms with Crippen LogP contribution in [0.5, 0.6) is 0 Å². The van der Waals surface area contributed by atoms with Crippen LogP contribution in [0.1, 0.15) is 11.6 Å². The van der Waals surface area contributed by atoms with Crippen molar-refractivity contribution in [2.75, 3.05) is 5.73 Å². The minimum Gasteiger partial charge on any atom is -0.382 e. The largest absolute Gasteiger partial charge is 0.382 e.